The van der Waals surface area contributed by atoms with Crippen molar-refractivity contribution in [3.8, 4) is 11.1 Å². The van der Waals surface area contributed by atoms with Gasteiger partial charge in [0, 0.05) is 30.5 Å². The normalized spacial score (nSPS) is 12.1. The zero-order valence-electron chi connectivity index (χ0n) is 11.6. The molecule has 2 aromatic carbocycles. The second kappa shape index (κ2) is 6.25. The Kier molecular flexibility index (Phi) is 4.37. The summed E-state index contributed by atoms with van der Waals surface area (Å²) in [5.41, 5.74) is 5.76. The van der Waals surface area contributed by atoms with Crippen molar-refractivity contribution in [2.24, 2.45) is 0 Å². The highest BCUT2D eigenvalue weighted by molar-refractivity contribution is 6.18. The molecule has 3 rings (SSSR count). The Bertz CT molecular complexity index is 651. The van der Waals surface area contributed by atoms with Crippen LogP contribution in [-0.2, 0) is 6.42 Å². The monoisotopic (exact) mass is 323 g/mol. The third-order valence-electron chi connectivity index (χ3n) is 3.90. The second-order valence-electron chi connectivity index (χ2n) is 5.18. The van der Waals surface area contributed by atoms with Crippen molar-refractivity contribution in [3.05, 3.63) is 53.3 Å². The molecule has 0 radical (unpaired) electrons. The summed E-state index contributed by atoms with van der Waals surface area (Å²) >= 11 is 11.7. The topological polar surface area (TPSA) is 3.24 Å². The number of rotatable bonds is 5. The average molecular weight is 324 g/mol. The maximum Gasteiger partial charge on any atom is 0.123 e. The molecular weight excluding hydrogens is 308 g/mol. The van der Waals surface area contributed by atoms with Crippen LogP contribution in [0.4, 0.5) is 10.1 Å². The first-order valence-corrected chi connectivity index (χ1v) is 8.08. The summed E-state index contributed by atoms with van der Waals surface area (Å²) in [5.74, 6) is 0.964. The van der Waals surface area contributed by atoms with E-state index in [2.05, 4.69) is 23.1 Å². The predicted octanol–water partition coefficient (Wildman–Crippen LogP) is 4.68. The summed E-state index contributed by atoms with van der Waals surface area (Å²) in [6.45, 7) is 1.54. The summed E-state index contributed by atoms with van der Waals surface area (Å²) in [6.07, 6.45) is 0.784. The fourth-order valence-electron chi connectivity index (χ4n) is 2.94. The van der Waals surface area contributed by atoms with Crippen LogP contribution < -0.4 is 4.90 Å². The van der Waals surface area contributed by atoms with E-state index >= 15 is 0 Å². The van der Waals surface area contributed by atoms with Gasteiger partial charge < -0.3 is 4.90 Å². The van der Waals surface area contributed by atoms with Crippen molar-refractivity contribution in [2.75, 3.05) is 29.7 Å². The van der Waals surface area contributed by atoms with Gasteiger partial charge in [0.05, 0.1) is 0 Å². The largest absolute Gasteiger partial charge is 0.369 e. The van der Waals surface area contributed by atoms with E-state index in [1.165, 1.54) is 17.2 Å². The van der Waals surface area contributed by atoms with Gasteiger partial charge in [0.1, 0.15) is 5.82 Å². The molecule has 0 heterocycles. The van der Waals surface area contributed by atoms with Crippen molar-refractivity contribution >= 4 is 28.9 Å². The van der Waals surface area contributed by atoms with E-state index in [0.717, 1.165) is 36.3 Å². The third kappa shape index (κ3) is 2.88. The van der Waals surface area contributed by atoms with Crippen LogP contribution in [0.15, 0.2) is 36.4 Å². The van der Waals surface area contributed by atoms with E-state index in [1.807, 2.05) is 6.07 Å². The van der Waals surface area contributed by atoms with E-state index in [0.29, 0.717) is 11.8 Å². The fraction of sp³-hybridized carbons (Fsp3) is 0.294. The van der Waals surface area contributed by atoms with Crippen LogP contribution in [0.1, 0.15) is 11.1 Å². The Morgan fingerprint density at radius 3 is 2.19 bits per heavy atom. The zero-order valence-corrected chi connectivity index (χ0v) is 13.1. The molecule has 21 heavy (non-hydrogen) atoms. The molecule has 0 aliphatic heterocycles. The van der Waals surface area contributed by atoms with Crippen molar-refractivity contribution < 1.29 is 4.39 Å². The molecule has 0 atom stereocenters. The molecule has 0 spiro atoms. The molecule has 0 aromatic heterocycles. The number of alkyl halides is 2. The first-order chi connectivity index (χ1) is 10.2. The molecule has 2 aromatic rings. The van der Waals surface area contributed by atoms with E-state index in [9.17, 15) is 4.39 Å². The molecule has 0 saturated heterocycles. The predicted molar refractivity (Wildman–Crippen MR) is 88.3 cm³/mol. The van der Waals surface area contributed by atoms with Gasteiger partial charge in [-0.3, -0.25) is 0 Å². The Hall–Kier alpha value is -1.25. The molecule has 0 N–H and O–H groups in total. The maximum absolute atomic E-state index is 13.4. The van der Waals surface area contributed by atoms with Crippen molar-refractivity contribution in [2.45, 2.75) is 6.42 Å². The van der Waals surface area contributed by atoms with Gasteiger partial charge in [0.15, 0.2) is 0 Å². The summed E-state index contributed by atoms with van der Waals surface area (Å²) < 4.78 is 13.4. The number of benzene rings is 2. The maximum atomic E-state index is 13.4. The van der Waals surface area contributed by atoms with Gasteiger partial charge in [-0.25, -0.2) is 4.39 Å². The number of fused-ring (bicyclic) bond motifs is 3. The van der Waals surface area contributed by atoms with Gasteiger partial charge in [-0.2, -0.15) is 0 Å². The molecule has 0 unspecified atom stereocenters. The van der Waals surface area contributed by atoms with Crippen LogP contribution in [0.25, 0.3) is 11.1 Å². The van der Waals surface area contributed by atoms with Gasteiger partial charge in [0.2, 0.25) is 0 Å². The van der Waals surface area contributed by atoms with Crippen LogP contribution in [0.2, 0.25) is 0 Å². The molecule has 1 nitrogen and oxygen atoms in total. The summed E-state index contributed by atoms with van der Waals surface area (Å²) in [7, 11) is 0. The van der Waals surface area contributed by atoms with Crippen LogP contribution in [-0.4, -0.2) is 24.8 Å². The molecule has 1 aliphatic rings. The lowest BCUT2D eigenvalue weighted by atomic mass is 10.1. The highest BCUT2D eigenvalue weighted by Gasteiger charge is 2.20. The van der Waals surface area contributed by atoms with Crippen LogP contribution in [0.3, 0.4) is 0 Å². The summed E-state index contributed by atoms with van der Waals surface area (Å²) in [6, 6.07) is 11.4. The summed E-state index contributed by atoms with van der Waals surface area (Å²) in [4.78, 5) is 2.18. The van der Waals surface area contributed by atoms with Crippen LogP contribution in [0, 0.1) is 5.82 Å². The molecular formula is C17H16Cl2FN. The van der Waals surface area contributed by atoms with Gasteiger partial charge in [-0.1, -0.05) is 12.1 Å². The minimum Gasteiger partial charge on any atom is -0.369 e. The molecule has 0 fully saturated rings. The van der Waals surface area contributed by atoms with Crippen molar-refractivity contribution in [1.29, 1.82) is 0 Å². The van der Waals surface area contributed by atoms with Crippen molar-refractivity contribution in [1.82, 2.24) is 0 Å². The van der Waals surface area contributed by atoms with Crippen LogP contribution >= 0.6 is 23.2 Å². The number of halogens is 3. The lowest BCUT2D eigenvalue weighted by Gasteiger charge is -2.23. The molecule has 0 bridgehead atoms. The summed E-state index contributed by atoms with van der Waals surface area (Å²) in [5, 5.41) is 0. The second-order valence-corrected chi connectivity index (χ2v) is 5.94. The Labute approximate surface area is 134 Å². The Morgan fingerprint density at radius 2 is 1.52 bits per heavy atom. The third-order valence-corrected chi connectivity index (χ3v) is 4.24. The van der Waals surface area contributed by atoms with Crippen molar-refractivity contribution in [3.63, 3.8) is 0 Å². The SMILES string of the molecule is Fc1ccc2c(c1)Cc1cc(N(CCCl)CCCl)ccc1-2. The van der Waals surface area contributed by atoms with Gasteiger partial charge in [-0.05, 0) is 52.9 Å². The first-order valence-electron chi connectivity index (χ1n) is 7.01. The molecule has 0 amide bonds. The number of anilines is 1. The number of nitrogens with zero attached hydrogens (tertiary/aromatic N) is 1. The highest BCUT2D eigenvalue weighted by Crippen LogP contribution is 2.38. The fourth-order valence-corrected chi connectivity index (χ4v) is 3.34. The highest BCUT2D eigenvalue weighted by atomic mass is 35.5. The smallest absolute Gasteiger partial charge is 0.123 e. The first kappa shape index (κ1) is 14.7. The molecule has 4 heteroatoms. The lowest BCUT2D eigenvalue weighted by Crippen LogP contribution is -2.27. The molecule has 1 aliphatic carbocycles. The Morgan fingerprint density at radius 1 is 0.905 bits per heavy atom. The molecule has 110 valence electrons. The Balaban J connectivity index is 1.94. The van der Waals surface area contributed by atoms with E-state index < -0.39 is 0 Å². The number of hydrogen-bond acceptors (Lipinski definition) is 1. The van der Waals surface area contributed by atoms with E-state index in [-0.39, 0.29) is 5.82 Å². The average Bonchev–Trinajstić information content (AvgIpc) is 2.83. The van der Waals surface area contributed by atoms with Gasteiger partial charge in [0.25, 0.3) is 0 Å². The van der Waals surface area contributed by atoms with Crippen LogP contribution in [0.5, 0.6) is 0 Å². The lowest BCUT2D eigenvalue weighted by molar-refractivity contribution is 0.626. The van der Waals surface area contributed by atoms with E-state index in [4.69, 9.17) is 23.2 Å². The zero-order chi connectivity index (χ0) is 14.8. The standard InChI is InChI=1S/C17H16Cl2FN/c18-5-7-21(8-6-19)15-2-4-17-13(11-15)9-12-10-14(20)1-3-16(12)17/h1-4,10-11H,5-9H2. The quantitative estimate of drug-likeness (QED) is 0.616. The minimum absolute atomic E-state index is 0.173. The van der Waals surface area contributed by atoms with E-state index in [1.54, 1.807) is 6.07 Å². The van der Waals surface area contributed by atoms with Gasteiger partial charge >= 0.3 is 0 Å². The minimum atomic E-state index is -0.173. The molecule has 0 saturated carbocycles. The number of hydrogen-bond donors (Lipinski definition) is 0. The van der Waals surface area contributed by atoms with Gasteiger partial charge in [-0.15, -0.1) is 23.2 Å².